The first-order valence-corrected chi connectivity index (χ1v) is 6.38. The number of halogens is 1. The van der Waals surface area contributed by atoms with E-state index in [9.17, 15) is 9.50 Å². The second-order valence-corrected chi connectivity index (χ2v) is 4.59. The van der Waals surface area contributed by atoms with E-state index in [1.54, 1.807) is 18.2 Å². The van der Waals surface area contributed by atoms with Crippen molar-refractivity contribution < 1.29 is 9.50 Å². The predicted molar refractivity (Wildman–Crippen MR) is 76.4 cm³/mol. The molecule has 0 radical (unpaired) electrons. The molecule has 3 N–H and O–H groups in total. The highest BCUT2D eigenvalue weighted by molar-refractivity contribution is 5.77. The van der Waals surface area contributed by atoms with Gasteiger partial charge in [0.15, 0.2) is 0 Å². The summed E-state index contributed by atoms with van der Waals surface area (Å²) in [4.78, 5) is 7.36. The minimum absolute atomic E-state index is 0.265. The predicted octanol–water partition coefficient (Wildman–Crippen LogP) is 3.06. The van der Waals surface area contributed by atoms with Crippen molar-refractivity contribution in [1.82, 2.24) is 9.97 Å². The van der Waals surface area contributed by atoms with Crippen LogP contribution < -0.4 is 5.32 Å². The maximum atomic E-state index is 13.1. The number of imidazole rings is 1. The number of H-pyrrole nitrogens is 1. The monoisotopic (exact) mass is 271 g/mol. The van der Waals surface area contributed by atoms with Gasteiger partial charge in [0.2, 0.25) is 5.95 Å². The van der Waals surface area contributed by atoms with Crippen molar-refractivity contribution in [2.24, 2.45) is 0 Å². The number of aromatic amines is 1. The lowest BCUT2D eigenvalue weighted by molar-refractivity contribution is 0.475. The van der Waals surface area contributed by atoms with Gasteiger partial charge in [-0.1, -0.05) is 12.1 Å². The number of anilines is 1. The molecule has 0 aliphatic carbocycles. The number of aromatic hydroxyl groups is 1. The molecule has 1 heterocycles. The van der Waals surface area contributed by atoms with Crippen molar-refractivity contribution in [3.05, 3.63) is 53.8 Å². The van der Waals surface area contributed by atoms with Crippen molar-refractivity contribution in [1.29, 1.82) is 0 Å². The molecule has 3 aromatic rings. The number of phenols is 1. The van der Waals surface area contributed by atoms with Crippen molar-refractivity contribution in [2.75, 3.05) is 11.9 Å². The van der Waals surface area contributed by atoms with Crippen molar-refractivity contribution in [3.8, 4) is 5.75 Å². The number of aromatic nitrogens is 2. The molecule has 0 aliphatic heterocycles. The number of hydrogen-bond acceptors (Lipinski definition) is 3. The van der Waals surface area contributed by atoms with Gasteiger partial charge in [-0.3, -0.25) is 0 Å². The minimum Gasteiger partial charge on any atom is -0.508 e. The SMILES string of the molecule is Oc1ccc(CCNc2nc3ccc(F)cc3[nH]2)cc1. The van der Waals surface area contributed by atoms with Crippen LogP contribution in [-0.2, 0) is 6.42 Å². The van der Waals surface area contributed by atoms with Crippen LogP contribution in [0.15, 0.2) is 42.5 Å². The van der Waals surface area contributed by atoms with Crippen molar-refractivity contribution in [2.45, 2.75) is 6.42 Å². The van der Waals surface area contributed by atoms with Crippen LogP contribution in [-0.4, -0.2) is 21.6 Å². The molecule has 0 bridgehead atoms. The molecule has 5 heteroatoms. The molecular formula is C15H14FN3O. The lowest BCUT2D eigenvalue weighted by Gasteiger charge is -2.03. The van der Waals surface area contributed by atoms with Crippen LogP contribution in [0.25, 0.3) is 11.0 Å². The summed E-state index contributed by atoms with van der Waals surface area (Å²) < 4.78 is 13.1. The van der Waals surface area contributed by atoms with Crippen LogP contribution in [0.4, 0.5) is 10.3 Å². The highest BCUT2D eigenvalue weighted by Gasteiger charge is 2.03. The van der Waals surface area contributed by atoms with Crippen molar-refractivity contribution >= 4 is 17.0 Å². The van der Waals surface area contributed by atoms with Crippen LogP contribution >= 0.6 is 0 Å². The number of hydrogen-bond donors (Lipinski definition) is 3. The molecule has 4 nitrogen and oxygen atoms in total. The standard InChI is InChI=1S/C15H14FN3O/c16-11-3-6-13-14(9-11)19-15(18-13)17-8-7-10-1-4-12(20)5-2-10/h1-6,9,20H,7-8H2,(H2,17,18,19). The molecule has 20 heavy (non-hydrogen) atoms. The largest absolute Gasteiger partial charge is 0.508 e. The van der Waals surface area contributed by atoms with Crippen molar-refractivity contribution in [3.63, 3.8) is 0 Å². The third-order valence-electron chi connectivity index (χ3n) is 3.09. The first-order chi connectivity index (χ1) is 9.70. The van der Waals surface area contributed by atoms with Gasteiger partial charge in [0, 0.05) is 6.54 Å². The van der Waals surface area contributed by atoms with Gasteiger partial charge in [-0.25, -0.2) is 9.37 Å². The van der Waals surface area contributed by atoms with Gasteiger partial charge in [-0.15, -0.1) is 0 Å². The summed E-state index contributed by atoms with van der Waals surface area (Å²) in [5.74, 6) is 0.613. The highest BCUT2D eigenvalue weighted by atomic mass is 19.1. The summed E-state index contributed by atoms with van der Waals surface area (Å²) >= 11 is 0. The number of nitrogens with one attached hydrogen (secondary N) is 2. The third kappa shape index (κ3) is 2.71. The Balaban J connectivity index is 1.63. The Bertz CT molecular complexity index is 722. The fourth-order valence-corrected chi connectivity index (χ4v) is 2.05. The molecule has 0 aliphatic rings. The Morgan fingerprint density at radius 3 is 2.75 bits per heavy atom. The fraction of sp³-hybridized carbons (Fsp3) is 0.133. The highest BCUT2D eigenvalue weighted by Crippen LogP contribution is 2.15. The minimum atomic E-state index is -0.281. The Kier molecular flexibility index (Phi) is 3.25. The average molecular weight is 271 g/mol. The fourth-order valence-electron chi connectivity index (χ4n) is 2.05. The van der Waals surface area contributed by atoms with E-state index in [1.165, 1.54) is 12.1 Å². The number of fused-ring (bicyclic) bond motifs is 1. The quantitative estimate of drug-likeness (QED) is 0.683. The Hall–Kier alpha value is -2.56. The van der Waals surface area contributed by atoms with Gasteiger partial charge in [0.1, 0.15) is 11.6 Å². The van der Waals surface area contributed by atoms with E-state index in [0.717, 1.165) is 17.5 Å². The Labute approximate surface area is 115 Å². The van der Waals surface area contributed by atoms with Crippen LogP contribution in [0, 0.1) is 5.82 Å². The lowest BCUT2D eigenvalue weighted by Crippen LogP contribution is -2.05. The van der Waals surface area contributed by atoms with E-state index in [0.29, 0.717) is 18.0 Å². The normalized spacial score (nSPS) is 10.8. The molecule has 2 aromatic carbocycles. The van der Waals surface area contributed by atoms with E-state index in [-0.39, 0.29) is 11.6 Å². The van der Waals surface area contributed by atoms with Gasteiger partial charge >= 0.3 is 0 Å². The maximum Gasteiger partial charge on any atom is 0.201 e. The molecule has 0 fully saturated rings. The summed E-state index contributed by atoms with van der Waals surface area (Å²) in [5.41, 5.74) is 2.54. The van der Waals surface area contributed by atoms with Gasteiger partial charge in [-0.05, 0) is 42.3 Å². The Morgan fingerprint density at radius 1 is 1.15 bits per heavy atom. The lowest BCUT2D eigenvalue weighted by atomic mass is 10.1. The molecule has 0 atom stereocenters. The van der Waals surface area contributed by atoms with E-state index in [2.05, 4.69) is 15.3 Å². The van der Waals surface area contributed by atoms with E-state index < -0.39 is 0 Å². The molecule has 0 amide bonds. The summed E-state index contributed by atoms with van der Waals surface area (Å²) in [7, 11) is 0. The maximum absolute atomic E-state index is 13.1. The van der Waals surface area contributed by atoms with E-state index >= 15 is 0 Å². The number of phenolic OH excluding ortho intramolecular Hbond substituents is 1. The molecule has 0 spiro atoms. The average Bonchev–Trinajstić information content (AvgIpc) is 2.83. The number of rotatable bonds is 4. The zero-order valence-corrected chi connectivity index (χ0v) is 10.7. The molecule has 102 valence electrons. The molecule has 0 saturated carbocycles. The molecule has 0 unspecified atom stereocenters. The first-order valence-electron chi connectivity index (χ1n) is 6.38. The first kappa shape index (κ1) is 12.5. The molecule has 0 saturated heterocycles. The Morgan fingerprint density at radius 2 is 1.95 bits per heavy atom. The van der Waals surface area contributed by atoms with Gasteiger partial charge in [0.05, 0.1) is 11.0 Å². The van der Waals surface area contributed by atoms with Gasteiger partial charge in [-0.2, -0.15) is 0 Å². The number of nitrogens with zero attached hydrogens (tertiary/aromatic N) is 1. The summed E-state index contributed by atoms with van der Waals surface area (Å²) in [6.45, 7) is 0.701. The molecular weight excluding hydrogens is 257 g/mol. The summed E-state index contributed by atoms with van der Waals surface area (Å²) in [6, 6.07) is 11.6. The van der Waals surface area contributed by atoms with E-state index in [4.69, 9.17) is 0 Å². The molecule has 1 aromatic heterocycles. The summed E-state index contributed by atoms with van der Waals surface area (Å²) in [5, 5.41) is 12.4. The van der Waals surface area contributed by atoms with Gasteiger partial charge in [0.25, 0.3) is 0 Å². The third-order valence-corrected chi connectivity index (χ3v) is 3.09. The second kappa shape index (κ2) is 5.21. The van der Waals surface area contributed by atoms with Crippen LogP contribution in [0.2, 0.25) is 0 Å². The van der Waals surface area contributed by atoms with E-state index in [1.807, 2.05) is 12.1 Å². The van der Waals surface area contributed by atoms with Gasteiger partial charge < -0.3 is 15.4 Å². The second-order valence-electron chi connectivity index (χ2n) is 4.59. The molecule has 3 rings (SSSR count). The topological polar surface area (TPSA) is 60.9 Å². The van der Waals surface area contributed by atoms with Crippen LogP contribution in [0.1, 0.15) is 5.56 Å². The summed E-state index contributed by atoms with van der Waals surface area (Å²) in [6.07, 6.45) is 0.811. The zero-order valence-electron chi connectivity index (χ0n) is 10.7. The van der Waals surface area contributed by atoms with Crippen LogP contribution in [0.5, 0.6) is 5.75 Å². The number of benzene rings is 2. The zero-order chi connectivity index (χ0) is 13.9. The smallest absolute Gasteiger partial charge is 0.201 e. The van der Waals surface area contributed by atoms with Crippen LogP contribution in [0.3, 0.4) is 0 Å².